The Morgan fingerprint density at radius 3 is 2.30 bits per heavy atom. The van der Waals surface area contributed by atoms with Crippen LogP contribution in [-0.2, 0) is 6.42 Å². The molecule has 0 unspecified atom stereocenters. The van der Waals surface area contributed by atoms with Gasteiger partial charge in [-0.25, -0.2) is 4.98 Å². The molecule has 4 aromatic heterocycles. The topological polar surface area (TPSA) is 43.9 Å². The number of allylic oxidation sites excluding steroid dienone is 1. The maximum atomic E-state index is 6.46. The first kappa shape index (κ1) is 23.3. The highest BCUT2D eigenvalue weighted by molar-refractivity contribution is 7.27. The smallest absolute Gasteiger partial charge is 0.232 e. The molecule has 43 heavy (non-hydrogen) atoms. The summed E-state index contributed by atoms with van der Waals surface area (Å²) in [4.78, 5) is 10.4. The standard InChI is InChI=1S/C38H23N3OS/c1-2-12-22(13-3-1)36-39-37(33-26-17-7-10-20-29(26)42-38(33)40-36)41-28-19-9-6-16-25(28)32-34(41)24-15-5-4-14-23(24)31-27-18-8-11-21-30(27)43-35(31)32/h1-6,8-16,18-21H,7,17H2. The molecule has 0 spiro atoms. The van der Waals surface area contributed by atoms with Gasteiger partial charge in [0.15, 0.2) is 11.6 Å². The van der Waals surface area contributed by atoms with Gasteiger partial charge in [-0.05, 0) is 36.4 Å². The molecule has 202 valence electrons. The second-order valence-electron chi connectivity index (χ2n) is 11.2. The van der Waals surface area contributed by atoms with Gasteiger partial charge in [-0.1, -0.05) is 97.1 Å². The van der Waals surface area contributed by atoms with Gasteiger partial charge in [-0.15, -0.1) is 11.3 Å². The zero-order valence-corrected chi connectivity index (χ0v) is 23.9. The Hall–Kier alpha value is -5.26. The molecule has 4 nitrogen and oxygen atoms in total. The van der Waals surface area contributed by atoms with Gasteiger partial charge in [-0.3, -0.25) is 4.57 Å². The van der Waals surface area contributed by atoms with E-state index in [9.17, 15) is 0 Å². The largest absolute Gasteiger partial charge is 0.438 e. The van der Waals surface area contributed by atoms with Gasteiger partial charge in [0.1, 0.15) is 5.76 Å². The molecule has 4 heterocycles. The fraction of sp³-hybridized carbons (Fsp3) is 0.0526. The first-order chi connectivity index (χ1) is 21.3. The summed E-state index contributed by atoms with van der Waals surface area (Å²) in [6, 6.07) is 36.6. The van der Waals surface area contributed by atoms with Crippen LogP contribution < -0.4 is 0 Å². The molecule has 0 amide bonds. The Kier molecular flexibility index (Phi) is 4.68. The number of hydrogen-bond donors (Lipinski definition) is 0. The monoisotopic (exact) mass is 569 g/mol. The van der Waals surface area contributed by atoms with E-state index in [4.69, 9.17) is 14.4 Å². The quantitative estimate of drug-likeness (QED) is 0.208. The maximum Gasteiger partial charge on any atom is 0.232 e. The van der Waals surface area contributed by atoms with Crippen molar-refractivity contribution >= 4 is 81.3 Å². The fourth-order valence-electron chi connectivity index (χ4n) is 7.08. The molecule has 9 aromatic rings. The molecule has 1 aliphatic carbocycles. The molecule has 0 saturated carbocycles. The van der Waals surface area contributed by atoms with E-state index in [2.05, 4.69) is 102 Å². The zero-order chi connectivity index (χ0) is 28.1. The van der Waals surface area contributed by atoms with Crippen molar-refractivity contribution in [3.63, 3.8) is 0 Å². The zero-order valence-electron chi connectivity index (χ0n) is 23.0. The van der Waals surface area contributed by atoms with Crippen LogP contribution in [0, 0.1) is 0 Å². The van der Waals surface area contributed by atoms with E-state index in [-0.39, 0.29) is 0 Å². The summed E-state index contributed by atoms with van der Waals surface area (Å²) < 4.78 is 11.5. The van der Waals surface area contributed by atoms with Crippen LogP contribution in [0.15, 0.2) is 114 Å². The summed E-state index contributed by atoms with van der Waals surface area (Å²) >= 11 is 1.88. The van der Waals surface area contributed by atoms with Crippen molar-refractivity contribution < 1.29 is 4.42 Å². The Labute approximate surface area is 250 Å². The molecule has 0 atom stereocenters. The predicted molar refractivity (Wildman–Crippen MR) is 179 cm³/mol. The van der Waals surface area contributed by atoms with Gasteiger partial charge in [-0.2, -0.15) is 4.98 Å². The minimum Gasteiger partial charge on any atom is -0.438 e. The third-order valence-electron chi connectivity index (χ3n) is 8.89. The lowest BCUT2D eigenvalue weighted by atomic mass is 9.99. The highest BCUT2D eigenvalue weighted by atomic mass is 32.1. The number of thiophene rings is 1. The van der Waals surface area contributed by atoms with Crippen LogP contribution in [0.5, 0.6) is 0 Å². The number of aryl methyl sites for hydroxylation is 1. The highest BCUT2D eigenvalue weighted by Crippen LogP contribution is 2.48. The minimum atomic E-state index is 0.638. The van der Waals surface area contributed by atoms with Crippen molar-refractivity contribution in [2.45, 2.75) is 12.8 Å². The van der Waals surface area contributed by atoms with Crippen molar-refractivity contribution in [2.75, 3.05) is 0 Å². The van der Waals surface area contributed by atoms with Gasteiger partial charge < -0.3 is 4.42 Å². The van der Waals surface area contributed by atoms with Gasteiger partial charge in [0, 0.05) is 47.5 Å². The summed E-state index contributed by atoms with van der Waals surface area (Å²) in [6.45, 7) is 0. The molecule has 0 saturated heterocycles. The lowest BCUT2D eigenvalue weighted by molar-refractivity contribution is 0.584. The van der Waals surface area contributed by atoms with Crippen molar-refractivity contribution in [2.24, 2.45) is 0 Å². The molecule has 10 rings (SSSR count). The molecule has 0 N–H and O–H groups in total. The van der Waals surface area contributed by atoms with Crippen molar-refractivity contribution in [1.29, 1.82) is 0 Å². The Balaban J connectivity index is 1.47. The van der Waals surface area contributed by atoms with Crippen LogP contribution in [0.25, 0.3) is 87.1 Å². The third kappa shape index (κ3) is 3.14. The second kappa shape index (κ2) is 8.63. The molecule has 5 heteroatoms. The van der Waals surface area contributed by atoms with Crippen LogP contribution in [0.2, 0.25) is 0 Å². The van der Waals surface area contributed by atoms with Gasteiger partial charge >= 0.3 is 0 Å². The molecule has 1 aliphatic rings. The Morgan fingerprint density at radius 1 is 0.674 bits per heavy atom. The van der Waals surface area contributed by atoms with Crippen molar-refractivity contribution in [1.82, 2.24) is 14.5 Å². The van der Waals surface area contributed by atoms with Crippen molar-refractivity contribution in [3.8, 4) is 17.2 Å². The number of benzene rings is 5. The fourth-order valence-corrected chi connectivity index (χ4v) is 8.35. The minimum absolute atomic E-state index is 0.638. The number of hydrogen-bond acceptors (Lipinski definition) is 4. The number of rotatable bonds is 2. The van der Waals surface area contributed by atoms with Gasteiger partial charge in [0.2, 0.25) is 5.71 Å². The molecular weight excluding hydrogens is 547 g/mol. The first-order valence-corrected chi connectivity index (χ1v) is 15.5. The maximum absolute atomic E-state index is 6.46. The van der Waals surface area contributed by atoms with E-state index in [1.54, 1.807) is 0 Å². The lowest BCUT2D eigenvalue weighted by Gasteiger charge is -2.13. The number of aromatic nitrogens is 3. The van der Waals surface area contributed by atoms with Crippen LogP contribution in [-0.4, -0.2) is 14.5 Å². The molecule has 0 radical (unpaired) electrons. The van der Waals surface area contributed by atoms with Gasteiger partial charge in [0.05, 0.1) is 16.4 Å². The summed E-state index contributed by atoms with van der Waals surface area (Å²) in [5.41, 5.74) is 5.10. The van der Waals surface area contributed by atoms with E-state index >= 15 is 0 Å². The molecule has 0 bridgehead atoms. The van der Waals surface area contributed by atoms with E-state index in [0.29, 0.717) is 11.5 Å². The SMILES string of the molecule is C1=Cc2oc3nc(-c4ccccc4)nc(-n4c5ccccc5c5c6sc7ccccc7c6c6ccccc6c54)c3c2CC1. The summed E-state index contributed by atoms with van der Waals surface area (Å²) in [6.07, 6.45) is 6.15. The molecule has 5 aromatic carbocycles. The average Bonchev–Trinajstić information content (AvgIpc) is 3.75. The van der Waals surface area contributed by atoms with Crippen LogP contribution >= 0.6 is 11.3 Å². The van der Waals surface area contributed by atoms with Crippen molar-refractivity contribution in [3.05, 3.63) is 121 Å². The lowest BCUT2D eigenvalue weighted by Crippen LogP contribution is -2.03. The number of furan rings is 1. The molecular formula is C38H23N3OS. The average molecular weight is 570 g/mol. The summed E-state index contributed by atoms with van der Waals surface area (Å²) in [7, 11) is 0. The molecule has 0 fully saturated rings. The Bertz CT molecular complexity index is 2620. The number of para-hydroxylation sites is 1. The highest BCUT2D eigenvalue weighted by Gasteiger charge is 2.27. The van der Waals surface area contributed by atoms with Gasteiger partial charge in [0.25, 0.3) is 0 Å². The molecule has 0 aliphatic heterocycles. The van der Waals surface area contributed by atoms with Crippen LogP contribution in [0.3, 0.4) is 0 Å². The van der Waals surface area contributed by atoms with Crippen LogP contribution in [0.4, 0.5) is 0 Å². The van der Waals surface area contributed by atoms with Crippen LogP contribution in [0.1, 0.15) is 17.7 Å². The predicted octanol–water partition coefficient (Wildman–Crippen LogP) is 10.5. The number of fused-ring (bicyclic) bond motifs is 13. The third-order valence-corrected chi connectivity index (χ3v) is 10.1. The normalized spacial score (nSPS) is 13.3. The first-order valence-electron chi connectivity index (χ1n) is 14.7. The summed E-state index contributed by atoms with van der Waals surface area (Å²) in [5.74, 6) is 2.43. The Morgan fingerprint density at radius 2 is 1.42 bits per heavy atom. The van der Waals surface area contributed by atoms with E-state index in [0.717, 1.165) is 40.9 Å². The second-order valence-corrected chi connectivity index (χ2v) is 12.3. The summed E-state index contributed by atoms with van der Waals surface area (Å²) in [5, 5.41) is 8.62. The van der Waals surface area contributed by atoms with E-state index in [1.165, 1.54) is 52.8 Å². The van der Waals surface area contributed by atoms with E-state index < -0.39 is 0 Å². The van der Waals surface area contributed by atoms with E-state index in [1.807, 2.05) is 29.5 Å². The number of nitrogens with zero attached hydrogens (tertiary/aromatic N) is 3.